The minimum absolute atomic E-state index is 0.298. The summed E-state index contributed by atoms with van der Waals surface area (Å²) in [5.74, 6) is -0.298. The number of hydrazine groups is 1. The second-order valence-corrected chi connectivity index (χ2v) is 6.22. The number of para-hydroxylation sites is 1. The van der Waals surface area contributed by atoms with Gasteiger partial charge in [0.15, 0.2) is 0 Å². The molecule has 138 valence electrons. The third kappa shape index (κ3) is 4.74. The largest absolute Gasteiger partial charge is 0.462 e. The first-order valence-corrected chi connectivity index (χ1v) is 9.06. The Morgan fingerprint density at radius 3 is 1.96 bits per heavy atom. The number of rotatable bonds is 7. The van der Waals surface area contributed by atoms with E-state index in [1.165, 1.54) is 5.56 Å². The normalized spacial score (nSPS) is 10.6. The van der Waals surface area contributed by atoms with Crippen LogP contribution in [0.2, 0.25) is 0 Å². The molecule has 3 aromatic carbocycles. The molecule has 0 unspecified atom stereocenters. The Hall–Kier alpha value is -3.11. The van der Waals surface area contributed by atoms with E-state index >= 15 is 0 Å². The lowest BCUT2D eigenvalue weighted by atomic mass is 10.2. The molecule has 0 bridgehead atoms. The quantitative estimate of drug-likeness (QED) is 0.436. The van der Waals surface area contributed by atoms with Crippen molar-refractivity contribution in [3.05, 3.63) is 96.1 Å². The zero-order chi connectivity index (χ0) is 19.1. The number of carbonyl (C=O) groups excluding carboxylic acids is 1. The average Bonchev–Trinajstić information content (AvgIpc) is 2.70. The summed E-state index contributed by atoms with van der Waals surface area (Å²) < 4.78 is 5.08. The lowest BCUT2D eigenvalue weighted by molar-refractivity contribution is 0.0526. The van der Waals surface area contributed by atoms with E-state index in [9.17, 15) is 4.79 Å². The van der Waals surface area contributed by atoms with Gasteiger partial charge in [0.25, 0.3) is 0 Å². The van der Waals surface area contributed by atoms with Gasteiger partial charge in [-0.05, 0) is 48.9 Å². The summed E-state index contributed by atoms with van der Waals surface area (Å²) >= 11 is 0. The highest BCUT2D eigenvalue weighted by Gasteiger charge is 2.16. The second-order valence-electron chi connectivity index (χ2n) is 6.22. The number of carbonyl (C=O) groups is 1. The smallest absolute Gasteiger partial charge is 0.338 e. The summed E-state index contributed by atoms with van der Waals surface area (Å²) in [5, 5.41) is 4.30. The van der Waals surface area contributed by atoms with Gasteiger partial charge in [-0.1, -0.05) is 48.5 Å². The molecule has 0 saturated heterocycles. The Kier molecular flexibility index (Phi) is 6.23. The molecule has 4 heteroatoms. The molecule has 0 aliphatic carbocycles. The van der Waals surface area contributed by atoms with Crippen LogP contribution in [0.4, 0.5) is 11.4 Å². The van der Waals surface area contributed by atoms with E-state index in [-0.39, 0.29) is 5.97 Å². The van der Waals surface area contributed by atoms with Gasteiger partial charge in [-0.3, -0.25) is 5.01 Å². The van der Waals surface area contributed by atoms with Crippen LogP contribution in [0.1, 0.15) is 22.8 Å². The maximum atomic E-state index is 11.9. The monoisotopic (exact) mass is 360 g/mol. The molecule has 0 fully saturated rings. The summed E-state index contributed by atoms with van der Waals surface area (Å²) in [5.41, 5.74) is 3.82. The topological polar surface area (TPSA) is 32.8 Å². The third-order valence-electron chi connectivity index (χ3n) is 4.22. The fraction of sp³-hybridized carbons (Fsp3) is 0.174. The van der Waals surface area contributed by atoms with Crippen LogP contribution in [0.3, 0.4) is 0 Å². The van der Waals surface area contributed by atoms with Gasteiger partial charge >= 0.3 is 5.97 Å². The molecular weight excluding hydrogens is 336 g/mol. The standard InChI is InChI=1S/C23H24N2O2/c1-3-27-23(26)20-14-16-22(17-15-20)25(21-12-8-5-9-13-21)24(2)18-19-10-6-4-7-11-19/h4-17H,3,18H2,1-2H3. The zero-order valence-electron chi connectivity index (χ0n) is 15.7. The Labute approximate surface area is 160 Å². The van der Waals surface area contributed by atoms with Crippen LogP contribution in [0.25, 0.3) is 0 Å². The van der Waals surface area contributed by atoms with Crippen molar-refractivity contribution in [1.82, 2.24) is 5.01 Å². The lowest BCUT2D eigenvalue weighted by Gasteiger charge is -2.34. The molecule has 0 aromatic heterocycles. The Morgan fingerprint density at radius 1 is 0.815 bits per heavy atom. The van der Waals surface area contributed by atoms with Crippen molar-refractivity contribution in [3.63, 3.8) is 0 Å². The number of hydrogen-bond donors (Lipinski definition) is 0. The fourth-order valence-electron chi connectivity index (χ4n) is 2.98. The van der Waals surface area contributed by atoms with Crippen molar-refractivity contribution < 1.29 is 9.53 Å². The van der Waals surface area contributed by atoms with Crippen molar-refractivity contribution >= 4 is 17.3 Å². The fourth-order valence-corrected chi connectivity index (χ4v) is 2.98. The number of anilines is 2. The molecule has 0 N–H and O–H groups in total. The maximum absolute atomic E-state index is 11.9. The first kappa shape index (κ1) is 18.7. The number of benzene rings is 3. The molecule has 0 radical (unpaired) electrons. The summed E-state index contributed by atoms with van der Waals surface area (Å²) in [6.07, 6.45) is 0. The van der Waals surface area contributed by atoms with Gasteiger partial charge in [0.05, 0.1) is 23.5 Å². The van der Waals surface area contributed by atoms with Gasteiger partial charge < -0.3 is 4.74 Å². The van der Waals surface area contributed by atoms with Crippen molar-refractivity contribution in [2.75, 3.05) is 18.7 Å². The van der Waals surface area contributed by atoms with E-state index in [0.717, 1.165) is 17.9 Å². The molecule has 0 amide bonds. The first-order chi connectivity index (χ1) is 13.2. The summed E-state index contributed by atoms with van der Waals surface area (Å²) in [6.45, 7) is 2.94. The van der Waals surface area contributed by atoms with Gasteiger partial charge in [-0.25, -0.2) is 9.80 Å². The minimum Gasteiger partial charge on any atom is -0.462 e. The van der Waals surface area contributed by atoms with Crippen molar-refractivity contribution in [3.8, 4) is 0 Å². The van der Waals surface area contributed by atoms with Crippen LogP contribution in [0, 0.1) is 0 Å². The summed E-state index contributed by atoms with van der Waals surface area (Å²) in [4.78, 5) is 11.9. The molecule has 0 aliphatic heterocycles. The van der Waals surface area contributed by atoms with Crippen molar-refractivity contribution in [2.24, 2.45) is 0 Å². The van der Waals surface area contributed by atoms with E-state index in [2.05, 4.69) is 41.3 Å². The molecule has 27 heavy (non-hydrogen) atoms. The van der Waals surface area contributed by atoms with E-state index in [4.69, 9.17) is 4.74 Å². The predicted molar refractivity (Wildman–Crippen MR) is 109 cm³/mol. The number of ether oxygens (including phenoxy) is 1. The molecule has 0 spiro atoms. The highest BCUT2D eigenvalue weighted by atomic mass is 16.5. The van der Waals surface area contributed by atoms with E-state index in [1.54, 1.807) is 12.1 Å². The van der Waals surface area contributed by atoms with E-state index in [0.29, 0.717) is 12.2 Å². The highest BCUT2D eigenvalue weighted by molar-refractivity contribution is 5.90. The molecule has 3 rings (SSSR count). The average molecular weight is 360 g/mol. The van der Waals surface area contributed by atoms with E-state index < -0.39 is 0 Å². The summed E-state index contributed by atoms with van der Waals surface area (Å²) in [7, 11) is 2.05. The van der Waals surface area contributed by atoms with Gasteiger partial charge in [-0.2, -0.15) is 0 Å². The third-order valence-corrected chi connectivity index (χ3v) is 4.22. The molecule has 0 heterocycles. The molecule has 0 saturated carbocycles. The molecular formula is C23H24N2O2. The second kappa shape index (κ2) is 9.01. The van der Waals surface area contributed by atoms with Crippen molar-refractivity contribution in [2.45, 2.75) is 13.5 Å². The van der Waals surface area contributed by atoms with Crippen molar-refractivity contribution in [1.29, 1.82) is 0 Å². The molecule has 3 aromatic rings. The van der Waals surface area contributed by atoms with Crippen LogP contribution in [-0.2, 0) is 11.3 Å². The zero-order valence-corrected chi connectivity index (χ0v) is 15.7. The predicted octanol–water partition coefficient (Wildman–Crippen LogP) is 5.05. The minimum atomic E-state index is -0.298. The first-order valence-electron chi connectivity index (χ1n) is 9.06. The lowest BCUT2D eigenvalue weighted by Crippen LogP contribution is -2.35. The van der Waals surface area contributed by atoms with Gasteiger partial charge in [0.2, 0.25) is 0 Å². The Bertz CT molecular complexity index is 849. The van der Waals surface area contributed by atoms with Gasteiger partial charge in [0.1, 0.15) is 0 Å². The molecule has 0 aliphatic rings. The highest BCUT2D eigenvalue weighted by Crippen LogP contribution is 2.28. The van der Waals surface area contributed by atoms with Crippen LogP contribution in [-0.4, -0.2) is 24.6 Å². The van der Waals surface area contributed by atoms with E-state index in [1.807, 2.05) is 55.5 Å². The molecule has 0 atom stereocenters. The Morgan fingerprint density at radius 2 is 1.37 bits per heavy atom. The summed E-state index contributed by atoms with van der Waals surface area (Å²) in [6, 6.07) is 28.0. The SMILES string of the molecule is CCOC(=O)c1ccc(N(c2ccccc2)N(C)Cc2ccccc2)cc1. The van der Waals surface area contributed by atoms with Crippen LogP contribution in [0.5, 0.6) is 0 Å². The maximum Gasteiger partial charge on any atom is 0.338 e. The number of nitrogens with zero attached hydrogens (tertiary/aromatic N) is 2. The van der Waals surface area contributed by atoms with Crippen LogP contribution >= 0.6 is 0 Å². The number of hydrogen-bond acceptors (Lipinski definition) is 4. The van der Waals surface area contributed by atoms with Gasteiger partial charge in [-0.15, -0.1) is 0 Å². The Balaban J connectivity index is 1.89. The van der Waals surface area contributed by atoms with Crippen LogP contribution < -0.4 is 5.01 Å². The van der Waals surface area contributed by atoms with Gasteiger partial charge in [0, 0.05) is 13.6 Å². The molecule has 4 nitrogen and oxygen atoms in total. The van der Waals surface area contributed by atoms with Crippen LogP contribution in [0.15, 0.2) is 84.9 Å². The number of esters is 1.